The van der Waals surface area contributed by atoms with Crippen LogP contribution >= 0.6 is 12.4 Å². The smallest absolute Gasteiger partial charge is 0.275 e. The number of hydrogen-bond donors (Lipinski definition) is 2. The first-order valence-corrected chi connectivity index (χ1v) is 15.8. The van der Waals surface area contributed by atoms with E-state index in [2.05, 4.69) is 17.4 Å². The lowest BCUT2D eigenvalue weighted by Crippen LogP contribution is -2.54. The van der Waals surface area contributed by atoms with Gasteiger partial charge in [-0.1, -0.05) is 73.5 Å². The molecule has 3 atom stereocenters. The summed E-state index contributed by atoms with van der Waals surface area (Å²) in [6, 6.07) is 19.9. The van der Waals surface area contributed by atoms with Crippen molar-refractivity contribution in [3.8, 4) is 11.3 Å². The Morgan fingerprint density at radius 1 is 1.05 bits per heavy atom. The van der Waals surface area contributed by atoms with Crippen molar-refractivity contribution in [3.63, 3.8) is 0 Å². The molecular formula is C34H44ClN5O4. The summed E-state index contributed by atoms with van der Waals surface area (Å²) in [5.41, 5.74) is 2.16. The number of imidazole rings is 1. The van der Waals surface area contributed by atoms with Crippen molar-refractivity contribution in [2.24, 2.45) is 0 Å². The zero-order chi connectivity index (χ0) is 29.6. The van der Waals surface area contributed by atoms with Gasteiger partial charge in [-0.3, -0.25) is 9.59 Å². The van der Waals surface area contributed by atoms with Crippen molar-refractivity contribution in [1.29, 1.82) is 0 Å². The number of carbonyl (C=O) groups excluding carboxylic acids is 2. The number of piperazine rings is 1. The van der Waals surface area contributed by atoms with E-state index in [1.807, 2.05) is 62.9 Å². The number of rotatable bonds is 10. The maximum atomic E-state index is 14.3. The molecule has 10 heteroatoms. The second kappa shape index (κ2) is 14.7. The van der Waals surface area contributed by atoms with Crippen molar-refractivity contribution in [1.82, 2.24) is 24.7 Å². The molecule has 3 aromatic rings. The van der Waals surface area contributed by atoms with Gasteiger partial charge in [0.15, 0.2) is 5.69 Å². The summed E-state index contributed by atoms with van der Waals surface area (Å²) in [5.74, 6) is 0.0994. The molecule has 3 fully saturated rings. The molecule has 3 aliphatic rings. The molecule has 6 rings (SSSR count). The number of amides is 2. The molecule has 2 unspecified atom stereocenters. The summed E-state index contributed by atoms with van der Waals surface area (Å²) in [5, 5.41) is 15.5. The van der Waals surface area contributed by atoms with Crippen LogP contribution in [0.5, 0.6) is 0 Å². The van der Waals surface area contributed by atoms with Crippen LogP contribution in [0, 0.1) is 0 Å². The van der Waals surface area contributed by atoms with Gasteiger partial charge in [0.25, 0.3) is 5.91 Å². The number of aliphatic hydroxyl groups is 1. The molecule has 1 aliphatic carbocycles. The standard InChI is InChI=1S/C34H43N5O4.ClH/c40-30-15-9-18-37(30)20-21-43-24-34(42)16-8-7-14-29(34)39-25-36-31(32(39)27-12-5-2-6-13-27)33(41)38-19-17-35-23-28(38)22-26-10-3-1-4-11-26;/h1-6,10-13,25,28-29,35,42H,7-9,14-24H2;1H/t28-,29?,34?;/m1./s1. The zero-order valence-corrected chi connectivity index (χ0v) is 26.1. The average molecular weight is 622 g/mol. The van der Waals surface area contributed by atoms with Crippen molar-refractivity contribution in [2.45, 2.75) is 62.6 Å². The van der Waals surface area contributed by atoms with Crippen LogP contribution in [-0.4, -0.2) is 93.9 Å². The number of carbonyl (C=O) groups is 2. The van der Waals surface area contributed by atoms with E-state index in [-0.39, 0.29) is 42.9 Å². The number of benzene rings is 2. The van der Waals surface area contributed by atoms with E-state index >= 15 is 0 Å². The highest BCUT2D eigenvalue weighted by molar-refractivity contribution is 5.98. The van der Waals surface area contributed by atoms with Gasteiger partial charge >= 0.3 is 0 Å². The summed E-state index contributed by atoms with van der Waals surface area (Å²) in [7, 11) is 0. The van der Waals surface area contributed by atoms with E-state index in [0.717, 1.165) is 63.0 Å². The molecule has 236 valence electrons. The summed E-state index contributed by atoms with van der Waals surface area (Å²) < 4.78 is 8.08. The Morgan fingerprint density at radius 3 is 2.57 bits per heavy atom. The number of likely N-dealkylation sites (tertiary alicyclic amines) is 1. The molecule has 0 radical (unpaired) electrons. The molecule has 2 aromatic carbocycles. The molecule has 0 bridgehead atoms. The van der Waals surface area contributed by atoms with Crippen LogP contribution in [0.2, 0.25) is 0 Å². The first kappa shape index (κ1) is 32.2. The molecule has 1 saturated carbocycles. The number of aromatic nitrogens is 2. The van der Waals surface area contributed by atoms with Crippen molar-refractivity contribution >= 4 is 24.2 Å². The Hall–Kier alpha value is -3.24. The van der Waals surface area contributed by atoms with Gasteiger partial charge in [0.1, 0.15) is 5.60 Å². The van der Waals surface area contributed by atoms with E-state index < -0.39 is 5.60 Å². The number of hydrogen-bond acceptors (Lipinski definition) is 6. The second-order valence-electron chi connectivity index (χ2n) is 12.2. The van der Waals surface area contributed by atoms with Crippen molar-refractivity contribution < 1.29 is 19.4 Å². The number of nitrogens with one attached hydrogen (secondary N) is 1. The molecular weight excluding hydrogens is 578 g/mol. The lowest BCUT2D eigenvalue weighted by atomic mass is 9.80. The first-order chi connectivity index (χ1) is 21.0. The van der Waals surface area contributed by atoms with Gasteiger partial charge in [-0.05, 0) is 31.2 Å². The van der Waals surface area contributed by atoms with Crippen LogP contribution in [0.3, 0.4) is 0 Å². The van der Waals surface area contributed by atoms with Crippen LogP contribution < -0.4 is 5.32 Å². The third-order valence-corrected chi connectivity index (χ3v) is 9.29. The van der Waals surface area contributed by atoms with Crippen molar-refractivity contribution in [2.75, 3.05) is 45.9 Å². The molecule has 1 aromatic heterocycles. The highest BCUT2D eigenvalue weighted by Gasteiger charge is 2.42. The Balaban J connectivity index is 0.00000384. The number of nitrogens with zero attached hydrogens (tertiary/aromatic N) is 4. The Kier molecular flexibility index (Phi) is 10.7. The monoisotopic (exact) mass is 621 g/mol. The van der Waals surface area contributed by atoms with Gasteiger partial charge in [-0.2, -0.15) is 0 Å². The van der Waals surface area contributed by atoms with Crippen LogP contribution in [0.1, 0.15) is 60.6 Å². The topological polar surface area (TPSA) is 99.9 Å². The summed E-state index contributed by atoms with van der Waals surface area (Å²) in [6.45, 7) is 3.97. The third-order valence-electron chi connectivity index (χ3n) is 9.29. The molecule has 2 N–H and O–H groups in total. The van der Waals surface area contributed by atoms with Gasteiger partial charge in [-0.15, -0.1) is 12.4 Å². The molecule has 44 heavy (non-hydrogen) atoms. The van der Waals surface area contributed by atoms with E-state index in [9.17, 15) is 14.7 Å². The third kappa shape index (κ3) is 7.01. The minimum atomic E-state index is -1.11. The maximum Gasteiger partial charge on any atom is 0.275 e. The quantitative estimate of drug-likeness (QED) is 0.331. The normalized spacial score (nSPS) is 23.9. The highest BCUT2D eigenvalue weighted by Crippen LogP contribution is 2.41. The predicted molar refractivity (Wildman–Crippen MR) is 172 cm³/mol. The minimum absolute atomic E-state index is 0. The molecule has 9 nitrogen and oxygen atoms in total. The fourth-order valence-corrected chi connectivity index (χ4v) is 7.00. The maximum absolute atomic E-state index is 14.3. The molecule has 2 amide bonds. The lowest BCUT2D eigenvalue weighted by Gasteiger charge is -2.41. The van der Waals surface area contributed by atoms with Gasteiger partial charge < -0.3 is 29.5 Å². The van der Waals surface area contributed by atoms with E-state index in [0.29, 0.717) is 38.2 Å². The van der Waals surface area contributed by atoms with Gasteiger partial charge in [0.05, 0.1) is 31.3 Å². The molecule has 3 heterocycles. The fraction of sp³-hybridized carbons (Fsp3) is 0.500. The van der Waals surface area contributed by atoms with Gasteiger partial charge in [-0.25, -0.2) is 4.98 Å². The second-order valence-corrected chi connectivity index (χ2v) is 12.2. The SMILES string of the molecule is Cl.O=C1CCCN1CCOCC1(O)CCCCC1n1cnc(C(=O)N2CCNC[C@H]2Cc2ccccc2)c1-c1ccccc1. The largest absolute Gasteiger partial charge is 0.385 e. The van der Waals surface area contributed by atoms with Gasteiger partial charge in [0.2, 0.25) is 5.91 Å². The van der Waals surface area contributed by atoms with Gasteiger partial charge in [0, 0.05) is 50.7 Å². The summed E-state index contributed by atoms with van der Waals surface area (Å²) in [6.07, 6.45) is 7.27. The zero-order valence-electron chi connectivity index (χ0n) is 25.3. The van der Waals surface area contributed by atoms with E-state index in [1.54, 1.807) is 6.33 Å². The summed E-state index contributed by atoms with van der Waals surface area (Å²) >= 11 is 0. The lowest BCUT2D eigenvalue weighted by molar-refractivity contribution is -0.129. The number of halogens is 1. The van der Waals surface area contributed by atoms with Crippen LogP contribution in [0.25, 0.3) is 11.3 Å². The van der Waals surface area contributed by atoms with Crippen molar-refractivity contribution in [3.05, 3.63) is 78.2 Å². The molecule has 2 aliphatic heterocycles. The highest BCUT2D eigenvalue weighted by atomic mass is 35.5. The van der Waals surface area contributed by atoms with Crippen LogP contribution in [0.4, 0.5) is 0 Å². The fourth-order valence-electron chi connectivity index (χ4n) is 7.00. The Morgan fingerprint density at radius 2 is 1.82 bits per heavy atom. The van der Waals surface area contributed by atoms with E-state index in [4.69, 9.17) is 9.72 Å². The molecule has 0 spiro atoms. The number of ether oxygens (including phenoxy) is 1. The Bertz CT molecular complexity index is 1390. The van der Waals surface area contributed by atoms with E-state index in [1.165, 1.54) is 5.56 Å². The van der Waals surface area contributed by atoms with Crippen LogP contribution in [0.15, 0.2) is 67.0 Å². The van der Waals surface area contributed by atoms with Crippen LogP contribution in [-0.2, 0) is 16.0 Å². The average Bonchev–Trinajstić information content (AvgIpc) is 3.66. The Labute approximate surface area is 266 Å². The molecule has 2 saturated heterocycles. The summed E-state index contributed by atoms with van der Waals surface area (Å²) in [4.78, 5) is 34.9. The predicted octanol–water partition coefficient (Wildman–Crippen LogP) is 4.11. The first-order valence-electron chi connectivity index (χ1n) is 15.8. The minimum Gasteiger partial charge on any atom is -0.385 e.